The summed E-state index contributed by atoms with van der Waals surface area (Å²) in [5.74, 6) is 1.30. The van der Waals surface area contributed by atoms with Crippen LogP contribution in [0.4, 0.5) is 0 Å². The van der Waals surface area contributed by atoms with Crippen LogP contribution in [0.3, 0.4) is 0 Å². The number of ether oxygens (including phenoxy) is 1. The van der Waals surface area contributed by atoms with Gasteiger partial charge < -0.3 is 15.2 Å². The van der Waals surface area contributed by atoms with E-state index in [2.05, 4.69) is 49.3 Å². The van der Waals surface area contributed by atoms with Crippen LogP contribution in [0.2, 0.25) is 0 Å². The lowest BCUT2D eigenvalue weighted by Gasteiger charge is -2.11. The Morgan fingerprint density at radius 2 is 1.95 bits per heavy atom. The van der Waals surface area contributed by atoms with Gasteiger partial charge >= 0.3 is 0 Å². The lowest BCUT2D eigenvalue weighted by Crippen LogP contribution is -2.13. The Hall–Kier alpha value is -1.04. The molecule has 3 rings (SSSR count). The number of halogens is 2. The number of rotatable bonds is 4. The molecule has 0 amide bonds. The largest absolute Gasteiger partial charge is 0.506 e. The second-order valence-electron chi connectivity index (χ2n) is 5.00. The molecule has 3 nitrogen and oxygen atoms in total. The molecule has 2 N–H and O–H groups in total. The Bertz CT molecular complexity index is 674. The molecule has 0 radical (unpaired) electrons. The third-order valence-electron chi connectivity index (χ3n) is 3.53. The molecule has 0 saturated carbocycles. The summed E-state index contributed by atoms with van der Waals surface area (Å²) in [5.41, 5.74) is 3.27. The maximum atomic E-state index is 9.97. The molecular formula is C16H15Br2NO2. The van der Waals surface area contributed by atoms with Gasteiger partial charge in [-0.3, -0.25) is 0 Å². The first-order valence-corrected chi connectivity index (χ1v) is 8.35. The number of fused-ring (bicyclic) bond motifs is 1. The summed E-state index contributed by atoms with van der Waals surface area (Å²) in [6.45, 7) is 2.06. The van der Waals surface area contributed by atoms with E-state index in [1.54, 1.807) is 0 Å². The lowest BCUT2D eigenvalue weighted by molar-refractivity contribution is 0.352. The molecule has 1 aliphatic heterocycles. The van der Waals surface area contributed by atoms with Gasteiger partial charge in [-0.2, -0.15) is 0 Å². The molecule has 5 heteroatoms. The number of phenols is 1. The topological polar surface area (TPSA) is 41.5 Å². The fourth-order valence-corrected chi connectivity index (χ4v) is 3.47. The van der Waals surface area contributed by atoms with Gasteiger partial charge in [0.05, 0.1) is 11.1 Å². The summed E-state index contributed by atoms with van der Waals surface area (Å²) in [5, 5.41) is 13.3. The zero-order valence-electron chi connectivity index (χ0n) is 11.3. The second-order valence-corrected chi connectivity index (χ2v) is 6.77. The third kappa shape index (κ3) is 3.25. The molecule has 110 valence electrons. The summed E-state index contributed by atoms with van der Waals surface area (Å²) in [6.07, 6.45) is 0.966. The molecule has 0 atom stereocenters. The standard InChI is InChI=1S/C16H15Br2NO2/c17-13-6-10-4-5-21-16(10)12(7-13)9-19-8-11-2-1-3-14(18)15(11)20/h1-3,6-7,19-20H,4-5,8-9H2. The summed E-state index contributed by atoms with van der Waals surface area (Å²) in [7, 11) is 0. The number of nitrogens with one attached hydrogen (secondary N) is 1. The normalized spacial score (nSPS) is 13.0. The van der Waals surface area contributed by atoms with Crippen molar-refractivity contribution in [1.29, 1.82) is 0 Å². The molecule has 0 aromatic heterocycles. The van der Waals surface area contributed by atoms with Crippen molar-refractivity contribution in [2.45, 2.75) is 19.5 Å². The zero-order valence-corrected chi connectivity index (χ0v) is 14.5. The highest BCUT2D eigenvalue weighted by atomic mass is 79.9. The first kappa shape index (κ1) is 14.9. The van der Waals surface area contributed by atoms with Gasteiger partial charge in [0.15, 0.2) is 0 Å². The van der Waals surface area contributed by atoms with Crippen LogP contribution in [0, 0.1) is 0 Å². The van der Waals surface area contributed by atoms with Gasteiger partial charge in [0, 0.05) is 35.1 Å². The maximum absolute atomic E-state index is 9.97. The van der Waals surface area contributed by atoms with E-state index < -0.39 is 0 Å². The van der Waals surface area contributed by atoms with E-state index in [0.717, 1.165) is 34.4 Å². The SMILES string of the molecule is Oc1c(Br)cccc1CNCc1cc(Br)cc2c1OCC2. The van der Waals surface area contributed by atoms with Crippen molar-refractivity contribution in [1.82, 2.24) is 5.32 Å². The van der Waals surface area contributed by atoms with Crippen LogP contribution < -0.4 is 10.1 Å². The van der Waals surface area contributed by atoms with Crippen molar-refractivity contribution in [2.24, 2.45) is 0 Å². The van der Waals surface area contributed by atoms with Crippen molar-refractivity contribution in [2.75, 3.05) is 6.61 Å². The molecule has 0 aliphatic carbocycles. The summed E-state index contributed by atoms with van der Waals surface area (Å²) < 4.78 is 7.51. The fourth-order valence-electron chi connectivity index (χ4n) is 2.51. The fraction of sp³-hybridized carbons (Fsp3) is 0.250. The highest BCUT2D eigenvalue weighted by Gasteiger charge is 2.17. The molecule has 0 bridgehead atoms. The molecule has 0 spiro atoms. The Labute approximate surface area is 140 Å². The van der Waals surface area contributed by atoms with Gasteiger partial charge in [0.25, 0.3) is 0 Å². The van der Waals surface area contributed by atoms with Gasteiger partial charge in [0.2, 0.25) is 0 Å². The molecule has 0 unspecified atom stereocenters. The van der Waals surface area contributed by atoms with E-state index in [1.807, 2.05) is 18.2 Å². The molecule has 0 fully saturated rings. The minimum Gasteiger partial charge on any atom is -0.506 e. The average molecular weight is 413 g/mol. The van der Waals surface area contributed by atoms with Gasteiger partial charge in [-0.05, 0) is 39.7 Å². The van der Waals surface area contributed by atoms with E-state index in [-0.39, 0.29) is 0 Å². The molecule has 1 aliphatic rings. The average Bonchev–Trinajstić information content (AvgIpc) is 2.91. The van der Waals surface area contributed by atoms with Crippen molar-refractivity contribution < 1.29 is 9.84 Å². The van der Waals surface area contributed by atoms with Crippen LogP contribution in [0.15, 0.2) is 39.3 Å². The number of benzene rings is 2. The predicted octanol–water partition coefficient (Wildman–Crippen LogP) is 4.14. The maximum Gasteiger partial charge on any atom is 0.134 e. The molecule has 2 aromatic carbocycles. The molecule has 1 heterocycles. The number of aromatic hydroxyl groups is 1. The zero-order chi connectivity index (χ0) is 14.8. The quantitative estimate of drug-likeness (QED) is 0.792. The van der Waals surface area contributed by atoms with E-state index in [0.29, 0.717) is 23.3 Å². The van der Waals surface area contributed by atoms with E-state index in [4.69, 9.17) is 4.74 Å². The molecule has 2 aromatic rings. The van der Waals surface area contributed by atoms with Crippen LogP contribution in [0.5, 0.6) is 11.5 Å². The van der Waals surface area contributed by atoms with Crippen molar-refractivity contribution in [3.8, 4) is 11.5 Å². The van der Waals surface area contributed by atoms with Crippen molar-refractivity contribution >= 4 is 31.9 Å². The first-order valence-electron chi connectivity index (χ1n) is 6.76. The van der Waals surface area contributed by atoms with Crippen LogP contribution in [0.1, 0.15) is 16.7 Å². The monoisotopic (exact) mass is 411 g/mol. The van der Waals surface area contributed by atoms with Gasteiger partial charge in [-0.1, -0.05) is 28.1 Å². The van der Waals surface area contributed by atoms with Crippen LogP contribution >= 0.6 is 31.9 Å². The minimum absolute atomic E-state index is 0.292. The Morgan fingerprint density at radius 1 is 1.14 bits per heavy atom. The highest BCUT2D eigenvalue weighted by molar-refractivity contribution is 9.10. The highest BCUT2D eigenvalue weighted by Crippen LogP contribution is 2.33. The number of para-hydroxylation sites is 1. The van der Waals surface area contributed by atoms with Gasteiger partial charge in [-0.25, -0.2) is 0 Å². The first-order chi connectivity index (χ1) is 10.1. The van der Waals surface area contributed by atoms with Crippen LogP contribution in [-0.4, -0.2) is 11.7 Å². The van der Waals surface area contributed by atoms with E-state index >= 15 is 0 Å². The lowest BCUT2D eigenvalue weighted by atomic mass is 10.1. The number of phenolic OH excluding ortho intramolecular Hbond substituents is 1. The van der Waals surface area contributed by atoms with Crippen molar-refractivity contribution in [3.63, 3.8) is 0 Å². The summed E-state index contributed by atoms with van der Waals surface area (Å²) >= 11 is 6.87. The minimum atomic E-state index is 0.292. The smallest absolute Gasteiger partial charge is 0.134 e. The Kier molecular flexibility index (Phi) is 4.52. The third-order valence-corrected chi connectivity index (χ3v) is 4.62. The molecule has 21 heavy (non-hydrogen) atoms. The number of hydrogen-bond donors (Lipinski definition) is 2. The molecular weight excluding hydrogens is 398 g/mol. The predicted molar refractivity (Wildman–Crippen MR) is 89.7 cm³/mol. The van der Waals surface area contributed by atoms with Crippen LogP contribution in [-0.2, 0) is 19.5 Å². The van der Waals surface area contributed by atoms with E-state index in [9.17, 15) is 5.11 Å². The summed E-state index contributed by atoms with van der Waals surface area (Å²) in [6, 6.07) is 9.85. The number of hydrogen-bond acceptors (Lipinski definition) is 3. The Balaban J connectivity index is 1.70. The van der Waals surface area contributed by atoms with Gasteiger partial charge in [-0.15, -0.1) is 0 Å². The summed E-state index contributed by atoms with van der Waals surface area (Å²) in [4.78, 5) is 0. The second kappa shape index (κ2) is 6.38. The van der Waals surface area contributed by atoms with Crippen LogP contribution in [0.25, 0.3) is 0 Å². The van der Waals surface area contributed by atoms with Crippen molar-refractivity contribution in [3.05, 3.63) is 56.0 Å². The van der Waals surface area contributed by atoms with Gasteiger partial charge in [0.1, 0.15) is 11.5 Å². The molecule has 0 saturated heterocycles. The Morgan fingerprint density at radius 3 is 2.81 bits per heavy atom. The van der Waals surface area contributed by atoms with E-state index in [1.165, 1.54) is 5.56 Å².